The molecule has 0 aliphatic rings. The summed E-state index contributed by atoms with van der Waals surface area (Å²) in [5.41, 5.74) is 0.257. The number of nitrogens with zero attached hydrogens (tertiary/aromatic N) is 3. The van der Waals surface area contributed by atoms with E-state index in [0.717, 1.165) is 29.9 Å². The Morgan fingerprint density at radius 1 is 0.840 bits per heavy atom. The highest BCUT2D eigenvalue weighted by molar-refractivity contribution is 7.99. The molecule has 2 rings (SSSR count). The summed E-state index contributed by atoms with van der Waals surface area (Å²) in [6.07, 6.45) is 9.87. The average molecular weight is 687 g/mol. The number of hydrogen-bond donors (Lipinski definition) is 4. The molecule has 2 heterocycles. The molecule has 4 N–H and O–H groups in total. The van der Waals surface area contributed by atoms with E-state index < -0.39 is 23.4 Å². The molecule has 9 nitrogen and oxygen atoms in total. The van der Waals surface area contributed by atoms with Gasteiger partial charge in [-0.25, -0.2) is 4.52 Å². The third-order valence-electron chi connectivity index (χ3n) is 6.92. The quantitative estimate of drug-likeness (QED) is 0.120. The maximum absolute atomic E-state index is 13.5. The Balaban J connectivity index is 2.06. The van der Waals surface area contributed by atoms with E-state index >= 15 is 0 Å². The minimum atomic E-state index is -1.29. The zero-order valence-electron chi connectivity index (χ0n) is 29.4. The Hall–Kier alpha value is -5.59. The van der Waals surface area contributed by atoms with Gasteiger partial charge in [0.15, 0.2) is 11.5 Å². The van der Waals surface area contributed by atoms with E-state index in [2.05, 4.69) is 128 Å². The molecule has 0 bridgehead atoms. The molecule has 0 saturated carbocycles. The Kier molecular flexibility index (Phi) is 19.2. The summed E-state index contributed by atoms with van der Waals surface area (Å²) < 4.78 is 1.79. The number of unbranched alkanes of at least 4 members (excludes halogenated alkanes) is 7. The van der Waals surface area contributed by atoms with E-state index in [4.69, 9.17) is 0 Å². The van der Waals surface area contributed by atoms with Gasteiger partial charge in [0.25, 0.3) is 5.91 Å². The number of aliphatic hydroxyl groups is 1. The molecule has 0 saturated heterocycles. The van der Waals surface area contributed by atoms with Crippen LogP contribution in [0.1, 0.15) is 103 Å². The van der Waals surface area contributed by atoms with Gasteiger partial charge in [-0.15, -0.1) is 22.0 Å². The summed E-state index contributed by atoms with van der Waals surface area (Å²) in [5, 5.41) is 27.2. The third-order valence-corrected chi connectivity index (χ3v) is 8.08. The van der Waals surface area contributed by atoms with E-state index in [1.165, 1.54) is 43.9 Å². The van der Waals surface area contributed by atoms with Crippen molar-refractivity contribution in [3.8, 4) is 94.7 Å². The average Bonchev–Trinajstić information content (AvgIpc) is 3.63. The molecule has 2 amide bonds. The molecule has 2 aromatic rings. The highest BCUT2D eigenvalue weighted by atomic mass is 32.2. The molecule has 50 heavy (non-hydrogen) atoms. The van der Waals surface area contributed by atoms with Crippen LogP contribution in [0.4, 0.5) is 0 Å². The van der Waals surface area contributed by atoms with Crippen molar-refractivity contribution in [2.75, 3.05) is 12.4 Å². The van der Waals surface area contributed by atoms with Crippen molar-refractivity contribution < 1.29 is 14.7 Å². The van der Waals surface area contributed by atoms with Gasteiger partial charge in [0.1, 0.15) is 5.54 Å². The molecule has 0 radical (unpaired) electrons. The second-order valence-corrected chi connectivity index (χ2v) is 12.5. The molecule has 1 unspecified atom stereocenters. The SMILES string of the molecule is CC#CC#CC#CC#CC#CC#CC#CC#CC(=O)NC(C)(C)C(=O)NC(CCCCCCCCCC)c1nnc2c(SCCO)c(C)[nH]n12. The number of hydrogen-bond acceptors (Lipinski definition) is 6. The molecular formula is C40H42N6O3S. The van der Waals surface area contributed by atoms with Gasteiger partial charge in [-0.1, -0.05) is 64.2 Å². The van der Waals surface area contributed by atoms with Gasteiger partial charge >= 0.3 is 0 Å². The maximum atomic E-state index is 13.5. The minimum absolute atomic E-state index is 0.0430. The van der Waals surface area contributed by atoms with Crippen LogP contribution in [-0.4, -0.2) is 54.6 Å². The monoisotopic (exact) mass is 686 g/mol. The molecule has 0 fully saturated rings. The van der Waals surface area contributed by atoms with Crippen LogP contribution in [0.5, 0.6) is 0 Å². The predicted molar refractivity (Wildman–Crippen MR) is 198 cm³/mol. The first-order chi connectivity index (χ1) is 24.2. The van der Waals surface area contributed by atoms with E-state index in [0.29, 0.717) is 23.6 Å². The normalized spacial score (nSPS) is 9.96. The van der Waals surface area contributed by atoms with Gasteiger partial charge in [-0.2, -0.15) is 0 Å². The van der Waals surface area contributed by atoms with Crippen molar-refractivity contribution in [2.45, 2.75) is 109 Å². The van der Waals surface area contributed by atoms with Gasteiger partial charge in [0, 0.05) is 17.4 Å². The third kappa shape index (κ3) is 15.1. The smallest absolute Gasteiger partial charge is 0.297 e. The summed E-state index contributed by atoms with van der Waals surface area (Å²) in [5.74, 6) is 40.1. The fourth-order valence-corrected chi connectivity index (χ4v) is 5.29. The summed E-state index contributed by atoms with van der Waals surface area (Å²) in [6.45, 7) is 9.09. The summed E-state index contributed by atoms with van der Waals surface area (Å²) in [7, 11) is 0. The molecule has 0 aromatic carbocycles. The topological polar surface area (TPSA) is 124 Å². The summed E-state index contributed by atoms with van der Waals surface area (Å²) in [4.78, 5) is 27.0. The predicted octanol–water partition coefficient (Wildman–Crippen LogP) is 4.08. The zero-order chi connectivity index (χ0) is 36.5. The van der Waals surface area contributed by atoms with Crippen molar-refractivity contribution >= 4 is 29.2 Å². The Morgan fingerprint density at radius 3 is 1.94 bits per heavy atom. The van der Waals surface area contributed by atoms with Crippen LogP contribution in [0.25, 0.3) is 5.65 Å². The van der Waals surface area contributed by atoms with Crippen LogP contribution in [-0.2, 0) is 9.59 Å². The number of thioether (sulfide) groups is 1. The van der Waals surface area contributed by atoms with Crippen molar-refractivity contribution in [1.82, 2.24) is 30.4 Å². The van der Waals surface area contributed by atoms with Crippen LogP contribution in [0.15, 0.2) is 4.90 Å². The van der Waals surface area contributed by atoms with Gasteiger partial charge in [-0.3, -0.25) is 14.7 Å². The number of aryl methyl sites for hydroxylation is 1. The Bertz CT molecular complexity index is 2000. The maximum Gasteiger partial charge on any atom is 0.297 e. The van der Waals surface area contributed by atoms with Gasteiger partial charge < -0.3 is 15.7 Å². The van der Waals surface area contributed by atoms with Crippen molar-refractivity contribution in [3.05, 3.63) is 11.5 Å². The minimum Gasteiger partial charge on any atom is -0.396 e. The lowest BCUT2D eigenvalue weighted by Crippen LogP contribution is -2.55. The number of fused-ring (bicyclic) bond motifs is 1. The fraction of sp³-hybridized carbons (Fsp3) is 0.450. The van der Waals surface area contributed by atoms with E-state index in [-0.39, 0.29) is 6.61 Å². The van der Waals surface area contributed by atoms with Crippen molar-refractivity contribution in [2.24, 2.45) is 0 Å². The zero-order valence-corrected chi connectivity index (χ0v) is 30.2. The molecule has 0 aliphatic carbocycles. The van der Waals surface area contributed by atoms with Gasteiger partial charge in [-0.05, 0) is 117 Å². The first kappa shape index (κ1) is 40.6. The fourth-order valence-electron chi connectivity index (χ4n) is 4.47. The van der Waals surface area contributed by atoms with Crippen LogP contribution in [0.2, 0.25) is 0 Å². The molecule has 10 heteroatoms. The number of nitrogens with one attached hydrogen (secondary N) is 3. The highest BCUT2D eigenvalue weighted by Gasteiger charge is 2.32. The number of aromatic nitrogens is 4. The number of amides is 2. The standard InChI is InChI=1S/C40H42N6O3S/c1-6-8-10-12-14-16-17-18-19-20-21-22-24-26-28-30-35(48)42-40(4,5)39(49)41-34(29-27-25-23-15-13-11-9-7-2)37-43-44-38-36(50-32-31-47)33(3)45-46(37)38/h34,45,47H,7,9,11,13,15,23,25,27,29,31-32H2,1-5H3,(H,41,49)(H,42,48). The van der Waals surface area contributed by atoms with Gasteiger partial charge in [0.2, 0.25) is 5.91 Å². The number of aromatic amines is 1. The lowest BCUT2D eigenvalue weighted by Gasteiger charge is -2.27. The summed E-state index contributed by atoms with van der Waals surface area (Å²) in [6, 6.07) is -0.458. The molecule has 0 spiro atoms. The highest BCUT2D eigenvalue weighted by Crippen LogP contribution is 2.29. The van der Waals surface area contributed by atoms with E-state index in [1.807, 2.05) is 6.92 Å². The Labute approximate surface area is 301 Å². The number of H-pyrrole nitrogens is 1. The second kappa shape index (κ2) is 23.7. The second-order valence-electron chi connectivity index (χ2n) is 11.3. The first-order valence-electron chi connectivity index (χ1n) is 16.5. The van der Waals surface area contributed by atoms with E-state index in [9.17, 15) is 14.7 Å². The largest absolute Gasteiger partial charge is 0.396 e. The number of carbonyl (C=O) groups excluding carboxylic acids is 2. The first-order valence-corrected chi connectivity index (χ1v) is 17.5. The summed E-state index contributed by atoms with van der Waals surface area (Å²) >= 11 is 1.49. The van der Waals surface area contributed by atoms with Crippen LogP contribution in [0.3, 0.4) is 0 Å². The molecule has 2 aromatic heterocycles. The van der Waals surface area contributed by atoms with Crippen LogP contribution >= 0.6 is 11.8 Å². The molecular weight excluding hydrogens is 645 g/mol. The molecule has 0 aliphatic heterocycles. The number of rotatable bonds is 16. The lowest BCUT2D eigenvalue weighted by molar-refractivity contribution is -0.131. The van der Waals surface area contributed by atoms with Crippen molar-refractivity contribution in [3.63, 3.8) is 0 Å². The van der Waals surface area contributed by atoms with E-state index in [1.54, 1.807) is 25.3 Å². The Morgan fingerprint density at radius 2 is 1.38 bits per heavy atom. The number of aliphatic hydroxyl groups excluding tert-OH is 1. The van der Waals surface area contributed by atoms with Gasteiger partial charge in [0.05, 0.1) is 17.5 Å². The van der Waals surface area contributed by atoms with Crippen LogP contribution < -0.4 is 10.6 Å². The molecule has 1 atom stereocenters. The number of carbonyl (C=O) groups is 2. The van der Waals surface area contributed by atoms with Crippen molar-refractivity contribution in [1.29, 1.82) is 0 Å². The molecule has 256 valence electrons. The lowest BCUT2D eigenvalue weighted by atomic mass is 10.0. The van der Waals surface area contributed by atoms with Crippen LogP contribution in [0, 0.1) is 102 Å².